The van der Waals surface area contributed by atoms with Crippen LogP contribution in [0.5, 0.6) is 0 Å². The topological polar surface area (TPSA) is 90.5 Å². The lowest BCUT2D eigenvalue weighted by Gasteiger charge is -2.32. The predicted molar refractivity (Wildman–Crippen MR) is 120 cm³/mol. The summed E-state index contributed by atoms with van der Waals surface area (Å²) in [7, 11) is -3.33. The summed E-state index contributed by atoms with van der Waals surface area (Å²) in [6.45, 7) is 3.05. The molecule has 0 radical (unpaired) electrons. The van der Waals surface area contributed by atoms with Crippen LogP contribution in [-0.4, -0.2) is 44.7 Å². The van der Waals surface area contributed by atoms with E-state index in [9.17, 15) is 13.2 Å². The minimum absolute atomic E-state index is 0.143. The van der Waals surface area contributed by atoms with Crippen molar-refractivity contribution in [1.29, 1.82) is 0 Å². The number of nitrogens with one attached hydrogen (secondary N) is 3. The van der Waals surface area contributed by atoms with Crippen LogP contribution in [-0.2, 0) is 23.1 Å². The van der Waals surface area contributed by atoms with Gasteiger partial charge in [-0.2, -0.15) is 0 Å². The summed E-state index contributed by atoms with van der Waals surface area (Å²) in [5, 5.41) is 6.61. The van der Waals surface area contributed by atoms with Gasteiger partial charge in [0, 0.05) is 42.9 Å². The summed E-state index contributed by atoms with van der Waals surface area (Å²) in [4.78, 5) is 14.6. The number of piperidine rings is 1. The van der Waals surface area contributed by atoms with Crippen LogP contribution in [0.2, 0.25) is 5.02 Å². The molecule has 162 valence electrons. The van der Waals surface area contributed by atoms with E-state index in [1.807, 2.05) is 30.3 Å². The van der Waals surface area contributed by atoms with E-state index >= 15 is 0 Å². The highest BCUT2D eigenvalue weighted by atomic mass is 35.5. The third kappa shape index (κ3) is 7.51. The van der Waals surface area contributed by atoms with Crippen molar-refractivity contribution in [3.05, 3.63) is 64.7 Å². The van der Waals surface area contributed by atoms with Crippen molar-refractivity contribution in [2.75, 3.05) is 24.1 Å². The van der Waals surface area contributed by atoms with Gasteiger partial charge in [0.1, 0.15) is 0 Å². The van der Waals surface area contributed by atoms with Crippen molar-refractivity contribution < 1.29 is 13.2 Å². The summed E-state index contributed by atoms with van der Waals surface area (Å²) in [5.74, 6) is 0. The highest BCUT2D eigenvalue weighted by Crippen LogP contribution is 2.16. The van der Waals surface area contributed by atoms with E-state index in [4.69, 9.17) is 11.6 Å². The van der Waals surface area contributed by atoms with Crippen LogP contribution < -0.4 is 15.4 Å². The number of carbonyl (C=O) groups excluding carboxylic acids is 1. The van der Waals surface area contributed by atoms with Crippen LogP contribution in [0, 0.1) is 0 Å². The number of likely N-dealkylation sites (tertiary alicyclic amines) is 1. The molecule has 2 amide bonds. The van der Waals surface area contributed by atoms with E-state index in [0.717, 1.165) is 49.3 Å². The number of hydrogen-bond acceptors (Lipinski definition) is 4. The molecule has 7 nitrogen and oxygen atoms in total. The van der Waals surface area contributed by atoms with Crippen molar-refractivity contribution in [3.8, 4) is 0 Å². The normalized spacial score (nSPS) is 15.5. The summed E-state index contributed by atoms with van der Waals surface area (Å²) >= 11 is 5.93. The van der Waals surface area contributed by atoms with Gasteiger partial charge in [0.15, 0.2) is 0 Å². The number of rotatable bonds is 7. The smallest absolute Gasteiger partial charge is 0.315 e. The lowest BCUT2D eigenvalue weighted by Crippen LogP contribution is -2.47. The Morgan fingerprint density at radius 2 is 1.80 bits per heavy atom. The number of nitrogens with zero attached hydrogens (tertiary/aromatic N) is 1. The Kier molecular flexibility index (Phi) is 7.58. The Balaban J connectivity index is 1.40. The summed E-state index contributed by atoms with van der Waals surface area (Å²) < 4.78 is 25.1. The number of carbonyl (C=O) groups is 1. The van der Waals surface area contributed by atoms with Crippen LogP contribution >= 0.6 is 11.6 Å². The molecule has 0 unspecified atom stereocenters. The third-order valence-electron chi connectivity index (χ3n) is 4.93. The summed E-state index contributed by atoms with van der Waals surface area (Å²) in [6.07, 6.45) is 2.90. The van der Waals surface area contributed by atoms with E-state index in [1.165, 1.54) is 5.56 Å². The standard InChI is InChI=1S/C21H27ClN4O3S/c1-30(28,29)25-20-4-2-3-17(13-20)14-23-21(27)24-19-9-11-26(12-10-19)15-16-5-7-18(22)8-6-16/h2-8,13,19,25H,9-12,14-15H2,1H3,(H2,23,24,27). The average Bonchev–Trinajstić information content (AvgIpc) is 2.69. The molecule has 1 aliphatic rings. The van der Waals surface area contributed by atoms with E-state index in [0.29, 0.717) is 12.2 Å². The van der Waals surface area contributed by atoms with Gasteiger partial charge >= 0.3 is 6.03 Å². The van der Waals surface area contributed by atoms with Crippen LogP contribution in [0.15, 0.2) is 48.5 Å². The van der Waals surface area contributed by atoms with Crippen molar-refractivity contribution in [2.24, 2.45) is 0 Å². The van der Waals surface area contributed by atoms with E-state index in [-0.39, 0.29) is 12.1 Å². The molecule has 2 aromatic rings. The molecule has 0 bridgehead atoms. The molecule has 9 heteroatoms. The van der Waals surface area contributed by atoms with Gasteiger partial charge in [0.05, 0.1) is 6.26 Å². The molecule has 0 spiro atoms. The Hall–Kier alpha value is -2.29. The quantitative estimate of drug-likeness (QED) is 0.604. The van der Waals surface area contributed by atoms with Crippen molar-refractivity contribution in [3.63, 3.8) is 0 Å². The zero-order valence-corrected chi connectivity index (χ0v) is 18.5. The fourth-order valence-electron chi connectivity index (χ4n) is 3.46. The molecule has 0 aliphatic carbocycles. The number of anilines is 1. The van der Waals surface area contributed by atoms with Gasteiger partial charge in [-0.25, -0.2) is 13.2 Å². The second-order valence-electron chi connectivity index (χ2n) is 7.58. The maximum absolute atomic E-state index is 12.2. The average molecular weight is 451 g/mol. The minimum Gasteiger partial charge on any atom is -0.335 e. The lowest BCUT2D eigenvalue weighted by atomic mass is 10.0. The first-order chi connectivity index (χ1) is 14.3. The zero-order chi connectivity index (χ0) is 21.6. The highest BCUT2D eigenvalue weighted by molar-refractivity contribution is 7.92. The van der Waals surface area contributed by atoms with E-state index < -0.39 is 10.0 Å². The number of amides is 2. The molecule has 1 heterocycles. The van der Waals surface area contributed by atoms with Gasteiger partial charge in [-0.05, 0) is 48.2 Å². The summed E-state index contributed by atoms with van der Waals surface area (Å²) in [5.41, 5.74) is 2.53. The molecule has 1 aliphatic heterocycles. The van der Waals surface area contributed by atoms with Crippen molar-refractivity contribution >= 4 is 33.3 Å². The predicted octanol–water partition coefficient (Wildman–Crippen LogP) is 3.18. The molecule has 3 N–H and O–H groups in total. The van der Waals surface area contributed by atoms with Gasteiger partial charge in [-0.1, -0.05) is 35.9 Å². The first kappa shape index (κ1) is 22.4. The highest BCUT2D eigenvalue weighted by Gasteiger charge is 2.20. The molecule has 30 heavy (non-hydrogen) atoms. The van der Waals surface area contributed by atoms with Crippen LogP contribution in [0.1, 0.15) is 24.0 Å². The van der Waals surface area contributed by atoms with Gasteiger partial charge in [0.25, 0.3) is 0 Å². The first-order valence-corrected chi connectivity index (χ1v) is 12.1. The van der Waals surface area contributed by atoms with Crippen molar-refractivity contribution in [1.82, 2.24) is 15.5 Å². The maximum Gasteiger partial charge on any atom is 0.315 e. The molecule has 0 aromatic heterocycles. The number of benzene rings is 2. The molecule has 0 atom stereocenters. The maximum atomic E-state index is 12.2. The SMILES string of the molecule is CS(=O)(=O)Nc1cccc(CNC(=O)NC2CCN(Cc3ccc(Cl)cc3)CC2)c1. The molecule has 3 rings (SSSR count). The number of halogens is 1. The van der Waals surface area contributed by atoms with Crippen LogP contribution in [0.25, 0.3) is 0 Å². The monoisotopic (exact) mass is 450 g/mol. The van der Waals surface area contributed by atoms with Gasteiger partial charge in [-0.3, -0.25) is 9.62 Å². The van der Waals surface area contributed by atoms with Crippen LogP contribution in [0.3, 0.4) is 0 Å². The molecule has 1 fully saturated rings. The van der Waals surface area contributed by atoms with Gasteiger partial charge < -0.3 is 10.6 Å². The van der Waals surface area contributed by atoms with Crippen LogP contribution in [0.4, 0.5) is 10.5 Å². The Bertz CT molecular complexity index is 958. The molecular formula is C21H27ClN4O3S. The fourth-order valence-corrected chi connectivity index (χ4v) is 4.14. The fraction of sp³-hybridized carbons (Fsp3) is 0.381. The summed E-state index contributed by atoms with van der Waals surface area (Å²) in [6, 6.07) is 14.8. The number of sulfonamides is 1. The van der Waals surface area contributed by atoms with Gasteiger partial charge in [0.2, 0.25) is 10.0 Å². The molecule has 2 aromatic carbocycles. The Labute approximate surface area is 182 Å². The third-order valence-corrected chi connectivity index (χ3v) is 5.78. The molecular weight excluding hydrogens is 424 g/mol. The van der Waals surface area contributed by atoms with Crippen molar-refractivity contribution in [2.45, 2.75) is 32.0 Å². The van der Waals surface area contributed by atoms with Gasteiger partial charge in [-0.15, -0.1) is 0 Å². The largest absolute Gasteiger partial charge is 0.335 e. The Morgan fingerprint density at radius 1 is 1.10 bits per heavy atom. The first-order valence-electron chi connectivity index (χ1n) is 9.85. The second-order valence-corrected chi connectivity index (χ2v) is 9.76. The number of urea groups is 1. The lowest BCUT2D eigenvalue weighted by molar-refractivity contribution is 0.186. The number of hydrogen-bond donors (Lipinski definition) is 3. The van der Waals surface area contributed by atoms with E-state index in [1.54, 1.807) is 18.2 Å². The second kappa shape index (κ2) is 10.1. The molecule has 1 saturated heterocycles. The Morgan fingerprint density at radius 3 is 2.47 bits per heavy atom. The zero-order valence-electron chi connectivity index (χ0n) is 16.9. The molecule has 0 saturated carbocycles. The van der Waals surface area contributed by atoms with E-state index in [2.05, 4.69) is 20.3 Å². The minimum atomic E-state index is -3.33.